The Bertz CT molecular complexity index is 299. The van der Waals surface area contributed by atoms with Crippen LogP contribution in [0.25, 0.3) is 0 Å². The Morgan fingerprint density at radius 2 is 1.89 bits per heavy atom. The van der Waals surface area contributed by atoms with Gasteiger partial charge in [-0.1, -0.05) is 27.2 Å². The molecule has 3 heteroatoms. The van der Waals surface area contributed by atoms with E-state index in [-0.39, 0.29) is 5.41 Å². The molecular formula is C16H31NO2. The van der Waals surface area contributed by atoms with Crippen molar-refractivity contribution >= 4 is 0 Å². The van der Waals surface area contributed by atoms with Crippen LogP contribution in [0.2, 0.25) is 0 Å². The quantitative estimate of drug-likeness (QED) is 0.828. The molecule has 2 rings (SSSR count). The lowest BCUT2D eigenvalue weighted by molar-refractivity contribution is -0.192. The maximum absolute atomic E-state index is 11.6. The van der Waals surface area contributed by atoms with Crippen molar-refractivity contribution in [2.24, 2.45) is 28.9 Å². The smallest absolute Gasteiger partial charge is 0.0750 e. The number of ether oxygens (including phenoxy) is 1. The Kier molecular flexibility index (Phi) is 4.59. The molecule has 1 heterocycles. The molecule has 0 aromatic carbocycles. The average molecular weight is 269 g/mol. The minimum absolute atomic E-state index is 0.130. The van der Waals surface area contributed by atoms with Gasteiger partial charge in [0.15, 0.2) is 0 Å². The van der Waals surface area contributed by atoms with E-state index in [1.807, 2.05) is 0 Å². The maximum Gasteiger partial charge on any atom is 0.0750 e. The maximum atomic E-state index is 11.6. The summed E-state index contributed by atoms with van der Waals surface area (Å²) in [6.45, 7) is 8.84. The van der Waals surface area contributed by atoms with Crippen LogP contribution in [0.4, 0.5) is 0 Å². The van der Waals surface area contributed by atoms with Crippen LogP contribution in [0.15, 0.2) is 0 Å². The van der Waals surface area contributed by atoms with Gasteiger partial charge in [0.1, 0.15) is 0 Å². The second-order valence-electron chi connectivity index (χ2n) is 7.26. The van der Waals surface area contributed by atoms with Crippen LogP contribution >= 0.6 is 0 Å². The zero-order valence-corrected chi connectivity index (χ0v) is 12.8. The van der Waals surface area contributed by atoms with E-state index in [1.165, 1.54) is 6.42 Å². The predicted molar refractivity (Wildman–Crippen MR) is 77.8 cm³/mol. The van der Waals surface area contributed by atoms with Crippen LogP contribution < -0.4 is 5.73 Å². The zero-order valence-electron chi connectivity index (χ0n) is 12.8. The van der Waals surface area contributed by atoms with E-state index in [1.54, 1.807) is 0 Å². The Morgan fingerprint density at radius 3 is 2.42 bits per heavy atom. The fourth-order valence-electron chi connectivity index (χ4n) is 4.56. The highest BCUT2D eigenvalue weighted by Crippen LogP contribution is 2.53. The number of aliphatic hydroxyl groups is 1. The monoisotopic (exact) mass is 269 g/mol. The molecule has 0 radical (unpaired) electrons. The third-order valence-electron chi connectivity index (χ3n) is 5.81. The van der Waals surface area contributed by atoms with Crippen molar-refractivity contribution in [3.05, 3.63) is 0 Å². The first-order valence-corrected chi connectivity index (χ1v) is 7.95. The van der Waals surface area contributed by atoms with Gasteiger partial charge in [-0.25, -0.2) is 0 Å². The van der Waals surface area contributed by atoms with Crippen LogP contribution in [-0.4, -0.2) is 30.5 Å². The van der Waals surface area contributed by atoms with Gasteiger partial charge in [-0.3, -0.25) is 0 Å². The van der Waals surface area contributed by atoms with E-state index in [4.69, 9.17) is 10.5 Å². The Hall–Kier alpha value is -0.120. The summed E-state index contributed by atoms with van der Waals surface area (Å²) in [5.41, 5.74) is 5.42. The molecule has 3 N–H and O–H groups in total. The average Bonchev–Trinajstić information content (AvgIpc) is 2.38. The lowest BCUT2D eigenvalue weighted by Crippen LogP contribution is -2.62. The molecule has 1 saturated carbocycles. The molecule has 112 valence electrons. The van der Waals surface area contributed by atoms with Gasteiger partial charge in [0, 0.05) is 25.2 Å². The molecule has 1 aliphatic carbocycles. The van der Waals surface area contributed by atoms with E-state index in [2.05, 4.69) is 20.8 Å². The Labute approximate surface area is 117 Å². The molecule has 1 saturated heterocycles. The van der Waals surface area contributed by atoms with Gasteiger partial charge >= 0.3 is 0 Å². The van der Waals surface area contributed by atoms with Crippen molar-refractivity contribution in [1.29, 1.82) is 0 Å². The second kappa shape index (κ2) is 5.71. The van der Waals surface area contributed by atoms with Crippen LogP contribution in [-0.2, 0) is 4.74 Å². The minimum Gasteiger partial charge on any atom is -0.389 e. The van der Waals surface area contributed by atoms with E-state index >= 15 is 0 Å². The number of nitrogens with two attached hydrogens (primary N) is 1. The molecule has 0 bridgehead atoms. The van der Waals surface area contributed by atoms with Gasteiger partial charge in [-0.15, -0.1) is 0 Å². The van der Waals surface area contributed by atoms with Crippen molar-refractivity contribution in [1.82, 2.24) is 0 Å². The highest BCUT2D eigenvalue weighted by molar-refractivity contribution is 5.07. The van der Waals surface area contributed by atoms with Gasteiger partial charge in [0.25, 0.3) is 0 Å². The first-order valence-electron chi connectivity index (χ1n) is 7.95. The Balaban J connectivity index is 2.33. The van der Waals surface area contributed by atoms with Crippen molar-refractivity contribution < 1.29 is 9.84 Å². The first-order chi connectivity index (χ1) is 8.95. The van der Waals surface area contributed by atoms with Crippen LogP contribution in [0.1, 0.15) is 52.9 Å². The highest BCUT2D eigenvalue weighted by atomic mass is 16.5. The molecule has 2 aliphatic rings. The summed E-state index contributed by atoms with van der Waals surface area (Å²) in [6, 6.07) is 0. The molecule has 2 fully saturated rings. The van der Waals surface area contributed by atoms with E-state index < -0.39 is 5.60 Å². The lowest BCUT2D eigenvalue weighted by atomic mass is 9.53. The third-order valence-corrected chi connectivity index (χ3v) is 5.81. The van der Waals surface area contributed by atoms with Crippen molar-refractivity contribution in [3.8, 4) is 0 Å². The molecular weight excluding hydrogens is 238 g/mol. The number of hydrogen-bond acceptors (Lipinski definition) is 3. The predicted octanol–water partition coefficient (Wildman–Crippen LogP) is 2.57. The van der Waals surface area contributed by atoms with Gasteiger partial charge in [0.05, 0.1) is 5.60 Å². The molecule has 0 amide bonds. The summed E-state index contributed by atoms with van der Waals surface area (Å²) in [4.78, 5) is 0. The molecule has 3 atom stereocenters. The fraction of sp³-hybridized carbons (Fsp3) is 1.00. The third kappa shape index (κ3) is 2.57. The molecule has 0 aromatic rings. The second-order valence-corrected chi connectivity index (χ2v) is 7.26. The van der Waals surface area contributed by atoms with Crippen molar-refractivity contribution in [3.63, 3.8) is 0 Å². The number of rotatable bonds is 3. The summed E-state index contributed by atoms with van der Waals surface area (Å²) in [6.07, 6.45) is 5.11. The molecule has 3 unspecified atom stereocenters. The highest BCUT2D eigenvalue weighted by Gasteiger charge is 2.56. The van der Waals surface area contributed by atoms with E-state index in [0.29, 0.717) is 24.3 Å². The standard InChI is InChI=1S/C16H31NO2/c1-12(2)14-5-4-13(3)10-16(14,18)15(11-17)6-8-19-9-7-15/h12-14,18H,4-11,17H2,1-3H3. The van der Waals surface area contributed by atoms with Crippen LogP contribution in [0.5, 0.6) is 0 Å². The van der Waals surface area contributed by atoms with E-state index in [9.17, 15) is 5.11 Å². The fourth-order valence-corrected chi connectivity index (χ4v) is 4.56. The summed E-state index contributed by atoms with van der Waals surface area (Å²) < 4.78 is 5.52. The molecule has 0 aromatic heterocycles. The van der Waals surface area contributed by atoms with Gasteiger partial charge < -0.3 is 15.6 Å². The molecule has 0 spiro atoms. The van der Waals surface area contributed by atoms with E-state index in [0.717, 1.165) is 38.9 Å². The molecule has 19 heavy (non-hydrogen) atoms. The zero-order chi connectivity index (χ0) is 14.1. The normalized spacial score (nSPS) is 39.5. The van der Waals surface area contributed by atoms with Crippen LogP contribution in [0, 0.1) is 23.2 Å². The van der Waals surface area contributed by atoms with Crippen LogP contribution in [0.3, 0.4) is 0 Å². The Morgan fingerprint density at radius 1 is 1.26 bits per heavy atom. The molecule has 3 nitrogen and oxygen atoms in total. The minimum atomic E-state index is -0.600. The molecule has 1 aliphatic heterocycles. The first kappa shape index (κ1) is 15.3. The summed E-state index contributed by atoms with van der Waals surface area (Å²) in [5, 5.41) is 11.6. The summed E-state index contributed by atoms with van der Waals surface area (Å²) in [5.74, 6) is 1.50. The van der Waals surface area contributed by atoms with Crippen molar-refractivity contribution in [2.45, 2.75) is 58.5 Å². The SMILES string of the molecule is CC1CCC(C(C)C)C(O)(C2(CN)CCOCC2)C1. The van der Waals surface area contributed by atoms with Crippen molar-refractivity contribution in [2.75, 3.05) is 19.8 Å². The summed E-state index contributed by atoms with van der Waals surface area (Å²) >= 11 is 0. The van der Waals surface area contributed by atoms with Gasteiger partial charge in [-0.05, 0) is 43.4 Å². The van der Waals surface area contributed by atoms with Gasteiger partial charge in [0.2, 0.25) is 0 Å². The summed E-state index contributed by atoms with van der Waals surface area (Å²) in [7, 11) is 0. The largest absolute Gasteiger partial charge is 0.389 e. The lowest BCUT2D eigenvalue weighted by Gasteiger charge is -2.57. The number of hydrogen-bond donors (Lipinski definition) is 2. The topological polar surface area (TPSA) is 55.5 Å². The van der Waals surface area contributed by atoms with Gasteiger partial charge in [-0.2, -0.15) is 0 Å².